The van der Waals surface area contributed by atoms with Gasteiger partial charge >= 0.3 is 0 Å². The maximum atomic E-state index is 12.5. The summed E-state index contributed by atoms with van der Waals surface area (Å²) < 4.78 is 11.1. The first-order valence-electron chi connectivity index (χ1n) is 8.50. The average molecular weight is 341 g/mol. The first-order valence-corrected chi connectivity index (χ1v) is 8.50. The number of benzene rings is 2. The van der Waals surface area contributed by atoms with E-state index in [4.69, 9.17) is 9.47 Å². The van der Waals surface area contributed by atoms with Crippen LogP contribution in [0.25, 0.3) is 0 Å². The summed E-state index contributed by atoms with van der Waals surface area (Å²) in [7, 11) is 1.63. The molecular weight excluding hydrogens is 314 g/mol. The number of aryl methyl sites for hydroxylation is 2. The topological polar surface area (TPSA) is 47.6 Å². The standard InChI is InChI=1S/C21H27NO3/c1-13-11-14(2)15(3)20(12-13)25-17(5)21(23)22-16(4)18-7-9-19(24-6)10-8-18/h7-12,16-17H,1-6H3,(H,22,23)/t16-,17+/m0/s1. The second kappa shape index (κ2) is 8.06. The molecule has 0 radical (unpaired) electrons. The second-order valence-electron chi connectivity index (χ2n) is 6.47. The summed E-state index contributed by atoms with van der Waals surface area (Å²) in [5, 5.41) is 3.00. The predicted molar refractivity (Wildman–Crippen MR) is 100 cm³/mol. The Morgan fingerprint density at radius 1 is 1.04 bits per heavy atom. The molecule has 0 bridgehead atoms. The number of amides is 1. The number of rotatable bonds is 6. The van der Waals surface area contributed by atoms with Crippen LogP contribution in [0.2, 0.25) is 0 Å². The monoisotopic (exact) mass is 341 g/mol. The molecule has 134 valence electrons. The molecule has 0 heterocycles. The lowest BCUT2D eigenvalue weighted by molar-refractivity contribution is -0.127. The van der Waals surface area contributed by atoms with E-state index < -0.39 is 6.10 Å². The first-order chi connectivity index (χ1) is 11.8. The van der Waals surface area contributed by atoms with Gasteiger partial charge in [-0.3, -0.25) is 4.79 Å². The van der Waals surface area contributed by atoms with Crippen molar-refractivity contribution >= 4 is 5.91 Å². The number of hydrogen-bond donors (Lipinski definition) is 1. The highest BCUT2D eigenvalue weighted by Crippen LogP contribution is 2.24. The van der Waals surface area contributed by atoms with E-state index in [2.05, 4.69) is 11.4 Å². The quantitative estimate of drug-likeness (QED) is 0.854. The fourth-order valence-electron chi connectivity index (χ4n) is 2.67. The van der Waals surface area contributed by atoms with Gasteiger partial charge in [0.1, 0.15) is 11.5 Å². The van der Waals surface area contributed by atoms with Gasteiger partial charge in [0.2, 0.25) is 0 Å². The molecule has 2 atom stereocenters. The van der Waals surface area contributed by atoms with E-state index in [9.17, 15) is 4.79 Å². The molecule has 0 saturated carbocycles. The van der Waals surface area contributed by atoms with Crippen molar-refractivity contribution in [3.05, 3.63) is 58.7 Å². The Balaban J connectivity index is 2.02. The van der Waals surface area contributed by atoms with Gasteiger partial charge < -0.3 is 14.8 Å². The van der Waals surface area contributed by atoms with Crippen LogP contribution in [0.4, 0.5) is 0 Å². The van der Waals surface area contributed by atoms with Crippen molar-refractivity contribution in [2.45, 2.75) is 46.8 Å². The highest BCUT2D eigenvalue weighted by Gasteiger charge is 2.19. The van der Waals surface area contributed by atoms with Crippen LogP contribution in [-0.4, -0.2) is 19.1 Å². The van der Waals surface area contributed by atoms with Gasteiger partial charge in [-0.25, -0.2) is 0 Å². The summed E-state index contributed by atoms with van der Waals surface area (Å²) in [4.78, 5) is 12.5. The van der Waals surface area contributed by atoms with Crippen LogP contribution < -0.4 is 14.8 Å². The maximum absolute atomic E-state index is 12.5. The zero-order valence-corrected chi connectivity index (χ0v) is 15.8. The Bertz CT molecular complexity index is 738. The first kappa shape index (κ1) is 18.8. The Morgan fingerprint density at radius 2 is 1.68 bits per heavy atom. The molecule has 25 heavy (non-hydrogen) atoms. The molecule has 0 aliphatic carbocycles. The Labute approximate surface area is 150 Å². The molecule has 1 amide bonds. The third kappa shape index (κ3) is 4.75. The van der Waals surface area contributed by atoms with Gasteiger partial charge in [0.25, 0.3) is 5.91 Å². The number of methoxy groups -OCH3 is 1. The number of carbonyl (C=O) groups excluding carboxylic acids is 1. The number of ether oxygens (including phenoxy) is 2. The minimum Gasteiger partial charge on any atom is -0.497 e. The van der Waals surface area contributed by atoms with Gasteiger partial charge in [0, 0.05) is 0 Å². The normalized spacial score (nSPS) is 13.0. The molecule has 4 nitrogen and oxygen atoms in total. The Kier molecular flexibility index (Phi) is 6.07. The summed E-state index contributed by atoms with van der Waals surface area (Å²) in [5.41, 5.74) is 4.36. The van der Waals surface area contributed by atoms with Crippen LogP contribution in [0.15, 0.2) is 36.4 Å². The molecule has 0 aliphatic rings. The van der Waals surface area contributed by atoms with Crippen LogP contribution in [0.1, 0.15) is 42.1 Å². The minimum absolute atomic E-state index is 0.107. The van der Waals surface area contributed by atoms with Crippen LogP contribution in [-0.2, 0) is 4.79 Å². The Hall–Kier alpha value is -2.49. The molecule has 0 saturated heterocycles. The molecule has 2 aromatic carbocycles. The lowest BCUT2D eigenvalue weighted by Gasteiger charge is -2.21. The molecule has 2 rings (SSSR count). The van der Waals surface area contributed by atoms with Gasteiger partial charge in [-0.05, 0) is 75.1 Å². The molecule has 0 aromatic heterocycles. The number of hydrogen-bond acceptors (Lipinski definition) is 3. The van der Waals surface area contributed by atoms with Crippen molar-refractivity contribution in [2.75, 3.05) is 7.11 Å². The summed E-state index contributed by atoms with van der Waals surface area (Å²) in [5.74, 6) is 1.42. The third-order valence-electron chi connectivity index (χ3n) is 4.41. The van der Waals surface area contributed by atoms with Crippen molar-refractivity contribution in [1.82, 2.24) is 5.32 Å². The van der Waals surface area contributed by atoms with E-state index in [1.54, 1.807) is 14.0 Å². The summed E-state index contributed by atoms with van der Waals surface area (Å²) in [6, 6.07) is 11.6. The van der Waals surface area contributed by atoms with E-state index in [0.717, 1.165) is 33.8 Å². The van der Waals surface area contributed by atoms with Crippen LogP contribution in [0.3, 0.4) is 0 Å². The second-order valence-corrected chi connectivity index (χ2v) is 6.47. The number of nitrogens with one attached hydrogen (secondary N) is 1. The molecule has 1 N–H and O–H groups in total. The van der Waals surface area contributed by atoms with Crippen molar-refractivity contribution in [1.29, 1.82) is 0 Å². The maximum Gasteiger partial charge on any atom is 0.261 e. The van der Waals surface area contributed by atoms with E-state index in [0.29, 0.717) is 0 Å². The van der Waals surface area contributed by atoms with Crippen molar-refractivity contribution in [3.63, 3.8) is 0 Å². The van der Waals surface area contributed by atoms with E-state index in [1.807, 2.05) is 58.0 Å². The van der Waals surface area contributed by atoms with Gasteiger partial charge in [-0.1, -0.05) is 18.2 Å². The molecule has 0 spiro atoms. The summed E-state index contributed by atoms with van der Waals surface area (Å²) >= 11 is 0. The van der Waals surface area contributed by atoms with Gasteiger partial charge in [-0.2, -0.15) is 0 Å². The molecule has 2 aromatic rings. The van der Waals surface area contributed by atoms with E-state index in [-0.39, 0.29) is 11.9 Å². The molecule has 0 aliphatic heterocycles. The lowest BCUT2D eigenvalue weighted by atomic mass is 10.1. The van der Waals surface area contributed by atoms with Crippen LogP contribution >= 0.6 is 0 Å². The van der Waals surface area contributed by atoms with Crippen molar-refractivity contribution in [3.8, 4) is 11.5 Å². The largest absolute Gasteiger partial charge is 0.497 e. The molecule has 4 heteroatoms. The minimum atomic E-state index is -0.569. The predicted octanol–water partition coefficient (Wildman–Crippen LogP) is 4.27. The van der Waals surface area contributed by atoms with Gasteiger partial charge in [0.15, 0.2) is 6.10 Å². The highest BCUT2D eigenvalue weighted by molar-refractivity contribution is 5.81. The van der Waals surface area contributed by atoms with Gasteiger partial charge in [-0.15, -0.1) is 0 Å². The van der Waals surface area contributed by atoms with Crippen molar-refractivity contribution < 1.29 is 14.3 Å². The Morgan fingerprint density at radius 3 is 2.28 bits per heavy atom. The molecule has 0 fully saturated rings. The van der Waals surface area contributed by atoms with E-state index in [1.165, 1.54) is 0 Å². The lowest BCUT2D eigenvalue weighted by Crippen LogP contribution is -2.37. The fraction of sp³-hybridized carbons (Fsp3) is 0.381. The summed E-state index contributed by atoms with van der Waals surface area (Å²) in [6.45, 7) is 9.80. The van der Waals surface area contributed by atoms with Crippen molar-refractivity contribution in [2.24, 2.45) is 0 Å². The van der Waals surface area contributed by atoms with Crippen LogP contribution in [0, 0.1) is 20.8 Å². The SMILES string of the molecule is COc1ccc([C@H](C)NC(=O)[C@@H](C)Oc2cc(C)cc(C)c2C)cc1. The van der Waals surface area contributed by atoms with E-state index >= 15 is 0 Å². The third-order valence-corrected chi connectivity index (χ3v) is 4.41. The zero-order chi connectivity index (χ0) is 18.6. The smallest absolute Gasteiger partial charge is 0.261 e. The van der Waals surface area contributed by atoms with Crippen LogP contribution in [0.5, 0.6) is 11.5 Å². The highest BCUT2D eigenvalue weighted by atomic mass is 16.5. The zero-order valence-electron chi connectivity index (χ0n) is 15.8. The average Bonchev–Trinajstić information content (AvgIpc) is 2.59. The van der Waals surface area contributed by atoms with Gasteiger partial charge in [0.05, 0.1) is 13.2 Å². The summed E-state index contributed by atoms with van der Waals surface area (Å²) in [6.07, 6.45) is -0.569. The fourth-order valence-corrected chi connectivity index (χ4v) is 2.67. The molecule has 0 unspecified atom stereocenters. The molecular formula is C21H27NO3. The number of carbonyl (C=O) groups is 1.